The van der Waals surface area contributed by atoms with Crippen LogP contribution in [0.1, 0.15) is 5.56 Å². The van der Waals surface area contributed by atoms with Gasteiger partial charge >= 0.3 is 0 Å². The van der Waals surface area contributed by atoms with E-state index in [9.17, 15) is 35.7 Å². The molecular weight excluding hydrogens is 406 g/mol. The molecule has 0 aromatic heterocycles. The number of aliphatic hydroxyl groups excluding tert-OH is 6. The van der Waals surface area contributed by atoms with Crippen molar-refractivity contribution < 1.29 is 35.7 Å². The van der Waals surface area contributed by atoms with Gasteiger partial charge < -0.3 is 35.7 Å². The number of aliphatic hydroxyl groups is 6. The molecule has 0 saturated carbocycles. The summed E-state index contributed by atoms with van der Waals surface area (Å²) >= 11 is 0. The molecule has 1 fully saturated rings. The number of phenols is 1. The van der Waals surface area contributed by atoms with Gasteiger partial charge in [-0.15, -0.1) is 0 Å². The highest BCUT2D eigenvalue weighted by atomic mass is 16.3. The molecule has 0 amide bonds. The van der Waals surface area contributed by atoms with Gasteiger partial charge in [0.05, 0.1) is 50.7 Å². The van der Waals surface area contributed by atoms with E-state index in [0.29, 0.717) is 45.8 Å². The molecule has 0 aliphatic carbocycles. The Morgan fingerprint density at radius 3 is 1.55 bits per heavy atom. The van der Waals surface area contributed by atoms with Crippen molar-refractivity contribution in [2.24, 2.45) is 0 Å². The lowest BCUT2D eigenvalue weighted by Crippen LogP contribution is -2.53. The van der Waals surface area contributed by atoms with Crippen LogP contribution in [0.5, 0.6) is 5.75 Å². The molecule has 10 heteroatoms. The molecule has 1 aliphatic heterocycles. The fourth-order valence-corrected chi connectivity index (χ4v) is 4.04. The van der Waals surface area contributed by atoms with Crippen LogP contribution in [0.25, 0.3) is 0 Å². The average molecular weight is 444 g/mol. The third-order valence-corrected chi connectivity index (χ3v) is 6.04. The van der Waals surface area contributed by atoms with Crippen molar-refractivity contribution in [2.75, 3.05) is 65.7 Å². The minimum absolute atomic E-state index is 0.198. The minimum atomic E-state index is -1.11. The van der Waals surface area contributed by atoms with Gasteiger partial charge in [-0.3, -0.25) is 14.7 Å². The molecule has 4 atom stereocenters. The molecule has 1 heterocycles. The van der Waals surface area contributed by atoms with Crippen molar-refractivity contribution in [3.05, 3.63) is 29.8 Å². The summed E-state index contributed by atoms with van der Waals surface area (Å²) in [7, 11) is 0. The van der Waals surface area contributed by atoms with Crippen LogP contribution in [-0.4, -0.2) is 140 Å². The number of phenolic OH excluding ortho intramolecular Hbond substituents is 1. The van der Waals surface area contributed by atoms with Gasteiger partial charge in [-0.1, -0.05) is 18.2 Å². The van der Waals surface area contributed by atoms with E-state index in [4.69, 9.17) is 0 Å². The summed E-state index contributed by atoms with van der Waals surface area (Å²) in [6.45, 7) is 1.92. The van der Waals surface area contributed by atoms with Crippen molar-refractivity contribution >= 4 is 0 Å². The maximum Gasteiger partial charge on any atom is 0.120 e. The third-order valence-electron chi connectivity index (χ3n) is 6.04. The van der Waals surface area contributed by atoms with Crippen LogP contribution in [0.15, 0.2) is 24.3 Å². The van der Waals surface area contributed by atoms with Crippen LogP contribution in [0.3, 0.4) is 0 Å². The lowest BCUT2D eigenvalue weighted by molar-refractivity contribution is -0.0301. The number of para-hydroxylation sites is 1. The molecule has 0 unspecified atom stereocenters. The molecule has 1 aliphatic rings. The normalized spacial score (nSPS) is 21.6. The Morgan fingerprint density at radius 2 is 1.13 bits per heavy atom. The van der Waals surface area contributed by atoms with E-state index in [0.717, 1.165) is 5.56 Å². The summed E-state index contributed by atoms with van der Waals surface area (Å²) in [6.07, 6.45) is -2.22. The number of benzene rings is 1. The van der Waals surface area contributed by atoms with E-state index >= 15 is 0 Å². The van der Waals surface area contributed by atoms with Gasteiger partial charge in [0.1, 0.15) is 5.75 Å². The molecule has 178 valence electrons. The van der Waals surface area contributed by atoms with Crippen LogP contribution >= 0.6 is 0 Å². The molecule has 0 spiro atoms. The number of rotatable bonds is 10. The second-order valence-electron chi connectivity index (χ2n) is 7.98. The van der Waals surface area contributed by atoms with Gasteiger partial charge in [-0.2, -0.15) is 0 Å². The van der Waals surface area contributed by atoms with Gasteiger partial charge in [0.15, 0.2) is 0 Å². The van der Waals surface area contributed by atoms with Crippen molar-refractivity contribution in [2.45, 2.75) is 30.8 Å². The lowest BCUT2D eigenvalue weighted by atomic mass is 10.1. The maximum atomic E-state index is 10.2. The first-order chi connectivity index (χ1) is 14.9. The molecule has 10 nitrogen and oxygen atoms in total. The van der Waals surface area contributed by atoms with Gasteiger partial charge in [0.25, 0.3) is 0 Å². The summed E-state index contributed by atoms with van der Waals surface area (Å²) in [5.41, 5.74) is 0.767. The van der Waals surface area contributed by atoms with E-state index in [1.54, 1.807) is 12.1 Å². The number of nitrogens with zero attached hydrogens (tertiary/aromatic N) is 3. The Kier molecular flexibility index (Phi) is 11.1. The van der Waals surface area contributed by atoms with E-state index in [1.165, 1.54) is 0 Å². The van der Waals surface area contributed by atoms with Gasteiger partial charge in [-0.05, 0) is 6.07 Å². The minimum Gasteiger partial charge on any atom is -0.508 e. The number of hydrogen-bond donors (Lipinski definition) is 7. The highest BCUT2D eigenvalue weighted by Gasteiger charge is 2.30. The molecule has 1 aromatic rings. The lowest BCUT2D eigenvalue weighted by Gasteiger charge is -2.36. The second-order valence-corrected chi connectivity index (χ2v) is 7.98. The summed E-state index contributed by atoms with van der Waals surface area (Å²) in [5, 5.41) is 68.9. The van der Waals surface area contributed by atoms with Gasteiger partial charge in [0.2, 0.25) is 0 Å². The first-order valence-corrected chi connectivity index (χ1v) is 10.7. The molecule has 2 rings (SSSR count). The Labute approximate surface area is 183 Å². The number of aromatic hydroxyl groups is 1. The Hall–Kier alpha value is -1.34. The van der Waals surface area contributed by atoms with E-state index in [2.05, 4.69) is 4.90 Å². The predicted octanol–water partition coefficient (Wildman–Crippen LogP) is -2.76. The molecule has 0 bridgehead atoms. The van der Waals surface area contributed by atoms with E-state index in [1.807, 2.05) is 21.9 Å². The van der Waals surface area contributed by atoms with Crippen LogP contribution in [0.4, 0.5) is 0 Å². The van der Waals surface area contributed by atoms with E-state index in [-0.39, 0.29) is 19.0 Å². The Bertz CT molecular complexity index is 609. The van der Waals surface area contributed by atoms with Gasteiger partial charge in [-0.25, -0.2) is 0 Å². The summed E-state index contributed by atoms with van der Waals surface area (Å²) < 4.78 is 0. The summed E-state index contributed by atoms with van der Waals surface area (Å²) in [4.78, 5) is 5.88. The zero-order valence-corrected chi connectivity index (χ0v) is 17.9. The SMILES string of the molecule is OC[C@@H](O)[C@@H](CO)N1CCN(Cc2ccccc2O)CCN([C@H](CO)[C@H](O)CO)CC1. The molecule has 1 saturated heterocycles. The highest BCUT2D eigenvalue weighted by Crippen LogP contribution is 2.19. The van der Waals surface area contributed by atoms with Crippen molar-refractivity contribution in [3.8, 4) is 5.75 Å². The Morgan fingerprint density at radius 1 is 0.677 bits per heavy atom. The zero-order chi connectivity index (χ0) is 22.8. The van der Waals surface area contributed by atoms with E-state index < -0.39 is 37.5 Å². The molecule has 0 radical (unpaired) electrons. The quantitative estimate of drug-likeness (QED) is 0.203. The first kappa shape index (κ1) is 25.9. The third kappa shape index (κ3) is 7.35. The topological polar surface area (TPSA) is 151 Å². The zero-order valence-electron chi connectivity index (χ0n) is 17.9. The largest absolute Gasteiger partial charge is 0.508 e. The predicted molar refractivity (Wildman–Crippen MR) is 114 cm³/mol. The van der Waals surface area contributed by atoms with Crippen LogP contribution in [0, 0.1) is 0 Å². The fourth-order valence-electron chi connectivity index (χ4n) is 4.04. The monoisotopic (exact) mass is 443 g/mol. The standard InChI is InChI=1S/C21H37N3O7/c25-12-17(20(30)14-27)23-7-5-22(11-16-3-1-2-4-19(16)29)6-8-24(10-9-23)18(13-26)21(31)15-28/h1-4,17-18,20-21,25-31H,5-15H2/t17-,18-,20-,21-/m1/s1. The fraction of sp³-hybridized carbons (Fsp3) is 0.714. The smallest absolute Gasteiger partial charge is 0.120 e. The summed E-state index contributed by atoms with van der Waals surface area (Å²) in [5.74, 6) is 0.198. The van der Waals surface area contributed by atoms with Crippen molar-refractivity contribution in [3.63, 3.8) is 0 Å². The van der Waals surface area contributed by atoms with Crippen molar-refractivity contribution in [1.29, 1.82) is 0 Å². The average Bonchev–Trinajstić information content (AvgIpc) is 2.88. The second kappa shape index (κ2) is 13.3. The molecular formula is C21H37N3O7. The Balaban J connectivity index is 2.24. The molecule has 1 aromatic carbocycles. The maximum absolute atomic E-state index is 10.2. The van der Waals surface area contributed by atoms with Crippen LogP contribution in [-0.2, 0) is 6.54 Å². The highest BCUT2D eigenvalue weighted by molar-refractivity contribution is 5.31. The van der Waals surface area contributed by atoms with Crippen molar-refractivity contribution in [1.82, 2.24) is 14.7 Å². The first-order valence-electron chi connectivity index (χ1n) is 10.7. The van der Waals surface area contributed by atoms with Crippen LogP contribution < -0.4 is 0 Å². The molecule has 31 heavy (non-hydrogen) atoms. The number of hydrogen-bond acceptors (Lipinski definition) is 10. The van der Waals surface area contributed by atoms with Gasteiger partial charge in [0, 0.05) is 51.4 Å². The summed E-state index contributed by atoms with van der Waals surface area (Å²) in [6, 6.07) is 5.76. The van der Waals surface area contributed by atoms with Crippen LogP contribution in [0.2, 0.25) is 0 Å². The molecule has 7 N–H and O–H groups in total.